The third kappa shape index (κ3) is 3.24. The Bertz CT molecular complexity index is 688. The summed E-state index contributed by atoms with van der Waals surface area (Å²) in [5.74, 6) is 1.54. The molecule has 0 radical (unpaired) electrons. The highest BCUT2D eigenvalue weighted by Gasteiger charge is 2.00. The van der Waals surface area contributed by atoms with Crippen LogP contribution in [0.25, 0.3) is 11.0 Å². The maximum atomic E-state index is 4.43. The molecule has 2 aromatic carbocycles. The van der Waals surface area contributed by atoms with Crippen molar-refractivity contribution < 1.29 is 0 Å². The van der Waals surface area contributed by atoms with Crippen molar-refractivity contribution in [3.8, 4) is 0 Å². The van der Waals surface area contributed by atoms with Crippen molar-refractivity contribution in [2.45, 2.75) is 4.90 Å². The fraction of sp³-hybridized carbons (Fsp3) is 0.133. The van der Waals surface area contributed by atoms with Crippen molar-refractivity contribution in [1.82, 2.24) is 15.2 Å². The highest BCUT2D eigenvalue weighted by molar-refractivity contribution is 7.99. The molecule has 1 N–H and O–H groups in total. The lowest BCUT2D eigenvalue weighted by molar-refractivity contribution is 1.000. The molecule has 4 nitrogen and oxygen atoms in total. The smallest absolute Gasteiger partial charge is 0.243 e. The van der Waals surface area contributed by atoms with Gasteiger partial charge in [0.05, 0.1) is 5.52 Å². The molecule has 0 amide bonds. The van der Waals surface area contributed by atoms with Crippen LogP contribution in [0.5, 0.6) is 0 Å². The number of anilines is 1. The number of benzene rings is 2. The molecule has 0 fully saturated rings. The van der Waals surface area contributed by atoms with Gasteiger partial charge in [-0.25, -0.2) is 4.98 Å². The van der Waals surface area contributed by atoms with Gasteiger partial charge in [0.15, 0.2) is 0 Å². The first-order valence-electron chi connectivity index (χ1n) is 6.43. The van der Waals surface area contributed by atoms with Gasteiger partial charge in [0, 0.05) is 17.2 Å². The SMILES string of the molecule is c1ccc(SCCNc2nnc3ccccc3n2)cc1. The summed E-state index contributed by atoms with van der Waals surface area (Å²) in [5, 5.41) is 11.4. The van der Waals surface area contributed by atoms with E-state index >= 15 is 0 Å². The molecule has 1 aromatic heterocycles. The number of thioether (sulfide) groups is 1. The molecule has 100 valence electrons. The number of rotatable bonds is 5. The largest absolute Gasteiger partial charge is 0.352 e. The molecule has 0 aliphatic rings. The molecule has 1 heterocycles. The van der Waals surface area contributed by atoms with Crippen molar-refractivity contribution in [2.24, 2.45) is 0 Å². The maximum absolute atomic E-state index is 4.43. The van der Waals surface area contributed by atoms with Gasteiger partial charge in [0.1, 0.15) is 5.52 Å². The second-order valence-corrected chi connectivity index (χ2v) is 5.38. The van der Waals surface area contributed by atoms with Crippen LogP contribution in [0.15, 0.2) is 59.5 Å². The summed E-state index contributed by atoms with van der Waals surface area (Å²) in [6.45, 7) is 0.805. The third-order valence-electron chi connectivity index (χ3n) is 2.76. The summed E-state index contributed by atoms with van der Waals surface area (Å²) in [6.07, 6.45) is 0. The minimum Gasteiger partial charge on any atom is -0.352 e. The van der Waals surface area contributed by atoms with Crippen molar-refractivity contribution >= 4 is 28.7 Å². The normalized spacial score (nSPS) is 10.6. The minimum atomic E-state index is 0.581. The lowest BCUT2D eigenvalue weighted by atomic mass is 10.3. The van der Waals surface area contributed by atoms with E-state index in [1.807, 2.05) is 42.5 Å². The van der Waals surface area contributed by atoms with Gasteiger partial charge < -0.3 is 5.32 Å². The van der Waals surface area contributed by atoms with Gasteiger partial charge in [0.2, 0.25) is 5.95 Å². The van der Waals surface area contributed by atoms with Gasteiger partial charge in [0.25, 0.3) is 0 Å². The number of para-hydroxylation sites is 1. The molecule has 20 heavy (non-hydrogen) atoms. The Hall–Kier alpha value is -2.14. The molecular weight excluding hydrogens is 268 g/mol. The topological polar surface area (TPSA) is 50.7 Å². The van der Waals surface area contributed by atoms with Crippen LogP contribution < -0.4 is 5.32 Å². The minimum absolute atomic E-state index is 0.581. The summed E-state index contributed by atoms with van der Waals surface area (Å²) in [4.78, 5) is 5.70. The standard InChI is InChI=1S/C15H14N4S/c1-2-6-12(7-3-1)20-11-10-16-15-17-13-8-4-5-9-14(13)18-19-15/h1-9H,10-11H2,(H,16,17,19). The van der Waals surface area contributed by atoms with E-state index in [0.29, 0.717) is 5.95 Å². The molecule has 0 bridgehead atoms. The van der Waals surface area contributed by atoms with Gasteiger partial charge in [-0.15, -0.1) is 22.0 Å². The predicted molar refractivity (Wildman–Crippen MR) is 83.0 cm³/mol. The van der Waals surface area contributed by atoms with Crippen molar-refractivity contribution in [1.29, 1.82) is 0 Å². The number of fused-ring (bicyclic) bond motifs is 1. The number of aromatic nitrogens is 3. The maximum Gasteiger partial charge on any atom is 0.243 e. The number of hydrogen-bond acceptors (Lipinski definition) is 5. The Balaban J connectivity index is 1.55. The van der Waals surface area contributed by atoms with Gasteiger partial charge in [-0.05, 0) is 24.3 Å². The summed E-state index contributed by atoms with van der Waals surface area (Å²) in [5.41, 5.74) is 1.68. The van der Waals surface area contributed by atoms with Crippen LogP contribution in [0, 0.1) is 0 Å². The fourth-order valence-electron chi connectivity index (χ4n) is 1.80. The van der Waals surface area contributed by atoms with Crippen LogP contribution in [-0.2, 0) is 0 Å². The number of nitrogens with one attached hydrogen (secondary N) is 1. The van der Waals surface area contributed by atoms with E-state index in [2.05, 4.69) is 32.6 Å². The van der Waals surface area contributed by atoms with E-state index in [9.17, 15) is 0 Å². The lowest BCUT2D eigenvalue weighted by Gasteiger charge is -2.04. The molecule has 3 aromatic rings. The van der Waals surface area contributed by atoms with E-state index in [-0.39, 0.29) is 0 Å². The van der Waals surface area contributed by atoms with Crippen LogP contribution >= 0.6 is 11.8 Å². The van der Waals surface area contributed by atoms with Gasteiger partial charge >= 0.3 is 0 Å². The zero-order valence-corrected chi connectivity index (χ0v) is 11.7. The Morgan fingerprint density at radius 1 is 0.850 bits per heavy atom. The second-order valence-electron chi connectivity index (χ2n) is 4.21. The predicted octanol–water partition coefficient (Wildman–Crippen LogP) is 3.23. The summed E-state index contributed by atoms with van der Waals surface area (Å²) >= 11 is 1.80. The first-order chi connectivity index (χ1) is 9.92. The van der Waals surface area contributed by atoms with Gasteiger partial charge in [-0.3, -0.25) is 0 Å². The molecule has 0 saturated carbocycles. The summed E-state index contributed by atoms with van der Waals surface area (Å²) in [7, 11) is 0. The summed E-state index contributed by atoms with van der Waals surface area (Å²) < 4.78 is 0. The van der Waals surface area contributed by atoms with E-state index in [0.717, 1.165) is 23.3 Å². The molecule has 0 atom stereocenters. The fourth-order valence-corrected chi connectivity index (χ4v) is 2.59. The number of hydrogen-bond donors (Lipinski definition) is 1. The van der Waals surface area contributed by atoms with E-state index in [1.54, 1.807) is 11.8 Å². The van der Waals surface area contributed by atoms with Crippen molar-refractivity contribution in [3.63, 3.8) is 0 Å². The first kappa shape index (κ1) is 12.9. The summed E-state index contributed by atoms with van der Waals surface area (Å²) in [6, 6.07) is 18.1. The Morgan fingerprint density at radius 2 is 1.60 bits per heavy atom. The second kappa shape index (κ2) is 6.34. The molecule has 0 spiro atoms. The molecule has 0 unspecified atom stereocenters. The first-order valence-corrected chi connectivity index (χ1v) is 7.41. The average Bonchev–Trinajstić information content (AvgIpc) is 2.52. The van der Waals surface area contributed by atoms with Crippen LogP contribution in [0.3, 0.4) is 0 Å². The Morgan fingerprint density at radius 3 is 2.45 bits per heavy atom. The molecule has 5 heteroatoms. The Labute approximate surface area is 121 Å². The molecular formula is C15H14N4S. The highest BCUT2D eigenvalue weighted by Crippen LogP contribution is 2.16. The van der Waals surface area contributed by atoms with E-state index in [4.69, 9.17) is 0 Å². The van der Waals surface area contributed by atoms with Crippen LogP contribution in [0.1, 0.15) is 0 Å². The zero-order valence-electron chi connectivity index (χ0n) is 10.9. The monoisotopic (exact) mass is 282 g/mol. The van der Waals surface area contributed by atoms with E-state index < -0.39 is 0 Å². The molecule has 3 rings (SSSR count). The highest BCUT2D eigenvalue weighted by atomic mass is 32.2. The molecule has 0 saturated heterocycles. The zero-order chi connectivity index (χ0) is 13.6. The quantitative estimate of drug-likeness (QED) is 0.575. The van der Waals surface area contributed by atoms with Crippen molar-refractivity contribution in [2.75, 3.05) is 17.6 Å². The molecule has 0 aliphatic carbocycles. The third-order valence-corrected chi connectivity index (χ3v) is 3.77. The van der Waals surface area contributed by atoms with Crippen LogP contribution in [0.2, 0.25) is 0 Å². The molecule has 0 aliphatic heterocycles. The van der Waals surface area contributed by atoms with E-state index in [1.165, 1.54) is 4.90 Å². The lowest BCUT2D eigenvalue weighted by Crippen LogP contribution is -2.08. The number of nitrogens with zero attached hydrogens (tertiary/aromatic N) is 3. The van der Waals surface area contributed by atoms with Crippen molar-refractivity contribution in [3.05, 3.63) is 54.6 Å². The van der Waals surface area contributed by atoms with Crippen LogP contribution in [0.4, 0.5) is 5.95 Å². The Kier molecular flexibility index (Phi) is 4.08. The van der Waals surface area contributed by atoms with Gasteiger partial charge in [-0.2, -0.15) is 0 Å². The van der Waals surface area contributed by atoms with Gasteiger partial charge in [-0.1, -0.05) is 30.3 Å². The van der Waals surface area contributed by atoms with Crippen LogP contribution in [-0.4, -0.2) is 27.5 Å². The average molecular weight is 282 g/mol.